The summed E-state index contributed by atoms with van der Waals surface area (Å²) in [7, 11) is 0. The Labute approximate surface area is 117 Å². The monoisotopic (exact) mass is 266 g/mol. The van der Waals surface area contributed by atoms with Crippen molar-refractivity contribution in [3.05, 3.63) is 83.9 Å². The second-order valence-electron chi connectivity index (χ2n) is 4.40. The molecular formula is C17H14O3. The Kier molecular flexibility index (Phi) is 4.11. The lowest BCUT2D eigenvalue weighted by atomic mass is 9.85. The summed E-state index contributed by atoms with van der Waals surface area (Å²) in [6.45, 7) is 3.56. The molecule has 2 rings (SSSR count). The molecule has 0 aliphatic heterocycles. The molecule has 0 amide bonds. The summed E-state index contributed by atoms with van der Waals surface area (Å²) in [5, 5.41) is 9.16. The van der Waals surface area contributed by atoms with E-state index in [1.807, 2.05) is 6.07 Å². The van der Waals surface area contributed by atoms with E-state index >= 15 is 0 Å². The van der Waals surface area contributed by atoms with Crippen molar-refractivity contribution < 1.29 is 14.7 Å². The highest BCUT2D eigenvalue weighted by Crippen LogP contribution is 2.27. The van der Waals surface area contributed by atoms with Crippen molar-refractivity contribution in [1.29, 1.82) is 0 Å². The van der Waals surface area contributed by atoms with Gasteiger partial charge in [-0.25, -0.2) is 4.79 Å². The first-order valence-electron chi connectivity index (χ1n) is 6.17. The zero-order valence-corrected chi connectivity index (χ0v) is 10.8. The highest BCUT2D eigenvalue weighted by atomic mass is 16.4. The maximum Gasteiger partial charge on any atom is 0.332 e. The average Bonchev–Trinajstić information content (AvgIpc) is 2.49. The van der Waals surface area contributed by atoms with E-state index in [0.29, 0.717) is 11.1 Å². The van der Waals surface area contributed by atoms with Gasteiger partial charge in [0, 0.05) is 11.1 Å². The first kappa shape index (κ1) is 13.7. The quantitative estimate of drug-likeness (QED) is 0.667. The first-order valence-corrected chi connectivity index (χ1v) is 6.17. The van der Waals surface area contributed by atoms with Gasteiger partial charge in [0.05, 0.1) is 5.92 Å². The van der Waals surface area contributed by atoms with Crippen LogP contribution in [0.25, 0.3) is 0 Å². The van der Waals surface area contributed by atoms with Gasteiger partial charge in [0.1, 0.15) is 0 Å². The number of carbonyl (C=O) groups is 2. The summed E-state index contributed by atoms with van der Waals surface area (Å²) in [6, 6.07) is 17.5. The van der Waals surface area contributed by atoms with Crippen molar-refractivity contribution in [3.63, 3.8) is 0 Å². The third kappa shape index (κ3) is 2.83. The highest BCUT2D eigenvalue weighted by Gasteiger charge is 2.28. The molecule has 2 aromatic carbocycles. The number of Topliss-reactive ketones (excluding diaryl/α,β-unsaturated/α-hetero) is 1. The molecule has 100 valence electrons. The van der Waals surface area contributed by atoms with Crippen molar-refractivity contribution in [2.24, 2.45) is 0 Å². The molecule has 0 fully saturated rings. The number of hydrogen-bond donors (Lipinski definition) is 1. The summed E-state index contributed by atoms with van der Waals surface area (Å²) in [5.41, 5.74) is 0.988. The normalized spacial score (nSPS) is 11.6. The standard InChI is InChI=1S/C17H14O3/c1-12(17(19)20)15(13-8-4-2-5-9-13)16(18)14-10-6-3-7-11-14/h2-11,15H,1H2,(H,19,20). The fraction of sp³-hybridized carbons (Fsp3) is 0.0588. The zero-order chi connectivity index (χ0) is 14.5. The molecule has 1 N–H and O–H groups in total. The first-order chi connectivity index (χ1) is 9.61. The molecule has 0 aliphatic carbocycles. The predicted octanol–water partition coefficient (Wildman–Crippen LogP) is 3.29. The summed E-state index contributed by atoms with van der Waals surface area (Å²) in [5.74, 6) is -2.29. The smallest absolute Gasteiger partial charge is 0.332 e. The van der Waals surface area contributed by atoms with Gasteiger partial charge in [0.15, 0.2) is 5.78 Å². The Bertz CT molecular complexity index is 630. The van der Waals surface area contributed by atoms with Gasteiger partial charge < -0.3 is 5.11 Å². The molecule has 20 heavy (non-hydrogen) atoms. The van der Waals surface area contributed by atoms with E-state index < -0.39 is 11.9 Å². The predicted molar refractivity (Wildman–Crippen MR) is 76.7 cm³/mol. The molecule has 0 saturated carbocycles. The van der Waals surface area contributed by atoms with Crippen LogP contribution < -0.4 is 0 Å². The molecule has 2 aromatic rings. The highest BCUT2D eigenvalue weighted by molar-refractivity contribution is 6.08. The van der Waals surface area contributed by atoms with E-state index in [0.717, 1.165) is 0 Å². The van der Waals surface area contributed by atoms with Gasteiger partial charge in [-0.2, -0.15) is 0 Å². The maximum absolute atomic E-state index is 12.6. The minimum atomic E-state index is -1.16. The van der Waals surface area contributed by atoms with Crippen molar-refractivity contribution in [2.75, 3.05) is 0 Å². The molecule has 0 bridgehead atoms. The summed E-state index contributed by atoms with van der Waals surface area (Å²) in [6.07, 6.45) is 0. The fourth-order valence-electron chi connectivity index (χ4n) is 2.05. The summed E-state index contributed by atoms with van der Waals surface area (Å²) >= 11 is 0. The number of carbonyl (C=O) groups excluding carboxylic acids is 1. The van der Waals surface area contributed by atoms with Gasteiger partial charge in [0.2, 0.25) is 0 Å². The van der Waals surface area contributed by atoms with Crippen LogP contribution in [0.3, 0.4) is 0 Å². The van der Waals surface area contributed by atoms with Gasteiger partial charge in [-0.05, 0) is 5.56 Å². The maximum atomic E-state index is 12.6. The average molecular weight is 266 g/mol. The van der Waals surface area contributed by atoms with Crippen molar-refractivity contribution in [2.45, 2.75) is 5.92 Å². The Morgan fingerprint density at radius 2 is 1.40 bits per heavy atom. The van der Waals surface area contributed by atoms with Gasteiger partial charge in [-0.15, -0.1) is 0 Å². The van der Waals surface area contributed by atoms with Gasteiger partial charge in [-0.1, -0.05) is 67.2 Å². The van der Waals surface area contributed by atoms with E-state index in [4.69, 9.17) is 5.11 Å². The van der Waals surface area contributed by atoms with Crippen LogP contribution in [0.15, 0.2) is 72.8 Å². The molecular weight excluding hydrogens is 252 g/mol. The van der Waals surface area contributed by atoms with Crippen LogP contribution in [-0.2, 0) is 4.79 Å². The molecule has 0 heterocycles. The summed E-state index contributed by atoms with van der Waals surface area (Å²) < 4.78 is 0. The second kappa shape index (κ2) is 5.97. The number of ketones is 1. The van der Waals surface area contributed by atoms with Crippen LogP contribution >= 0.6 is 0 Å². The number of aliphatic carboxylic acids is 1. The lowest BCUT2D eigenvalue weighted by Crippen LogP contribution is -2.19. The van der Waals surface area contributed by atoms with Crippen LogP contribution in [-0.4, -0.2) is 16.9 Å². The molecule has 1 atom stereocenters. The SMILES string of the molecule is C=C(C(=O)O)C(C(=O)c1ccccc1)c1ccccc1. The zero-order valence-electron chi connectivity index (χ0n) is 10.8. The van der Waals surface area contributed by atoms with Crippen LogP contribution in [0, 0.1) is 0 Å². The van der Waals surface area contributed by atoms with E-state index in [-0.39, 0.29) is 11.4 Å². The lowest BCUT2D eigenvalue weighted by Gasteiger charge is -2.16. The Morgan fingerprint density at radius 3 is 1.90 bits per heavy atom. The second-order valence-corrected chi connectivity index (χ2v) is 4.40. The number of benzene rings is 2. The van der Waals surface area contributed by atoms with Crippen molar-refractivity contribution in [1.82, 2.24) is 0 Å². The molecule has 3 heteroatoms. The Balaban J connectivity index is 2.45. The molecule has 0 aliphatic rings. The number of carboxylic acid groups (broad SMARTS) is 1. The molecule has 1 unspecified atom stereocenters. The molecule has 0 saturated heterocycles. The number of hydrogen-bond acceptors (Lipinski definition) is 2. The van der Waals surface area contributed by atoms with E-state index in [1.165, 1.54) is 0 Å². The molecule has 0 radical (unpaired) electrons. The van der Waals surface area contributed by atoms with E-state index in [1.54, 1.807) is 54.6 Å². The van der Waals surface area contributed by atoms with E-state index in [9.17, 15) is 9.59 Å². The van der Waals surface area contributed by atoms with Gasteiger partial charge in [-0.3, -0.25) is 4.79 Å². The Morgan fingerprint density at radius 1 is 0.900 bits per heavy atom. The Hall–Kier alpha value is -2.68. The van der Waals surface area contributed by atoms with Gasteiger partial charge in [0.25, 0.3) is 0 Å². The number of rotatable bonds is 5. The lowest BCUT2D eigenvalue weighted by molar-refractivity contribution is -0.132. The van der Waals surface area contributed by atoms with Crippen LogP contribution in [0.5, 0.6) is 0 Å². The minimum Gasteiger partial charge on any atom is -0.478 e. The van der Waals surface area contributed by atoms with Crippen LogP contribution in [0.4, 0.5) is 0 Å². The van der Waals surface area contributed by atoms with Crippen LogP contribution in [0.1, 0.15) is 21.8 Å². The van der Waals surface area contributed by atoms with Crippen molar-refractivity contribution in [3.8, 4) is 0 Å². The minimum absolute atomic E-state index is 0.120. The molecule has 3 nitrogen and oxygen atoms in total. The topological polar surface area (TPSA) is 54.4 Å². The summed E-state index contributed by atoms with van der Waals surface area (Å²) in [4.78, 5) is 23.8. The molecule has 0 aromatic heterocycles. The van der Waals surface area contributed by atoms with Crippen LogP contribution in [0.2, 0.25) is 0 Å². The van der Waals surface area contributed by atoms with Crippen molar-refractivity contribution >= 4 is 11.8 Å². The van der Waals surface area contributed by atoms with Gasteiger partial charge >= 0.3 is 5.97 Å². The molecule has 0 spiro atoms. The third-order valence-electron chi connectivity index (χ3n) is 3.08. The third-order valence-corrected chi connectivity index (χ3v) is 3.08. The fourth-order valence-corrected chi connectivity index (χ4v) is 2.05. The van der Waals surface area contributed by atoms with E-state index in [2.05, 4.69) is 6.58 Å². The largest absolute Gasteiger partial charge is 0.478 e. The number of carboxylic acids is 1.